The third kappa shape index (κ3) is 4.21. The highest BCUT2D eigenvalue weighted by Gasteiger charge is 2.19. The van der Waals surface area contributed by atoms with Gasteiger partial charge < -0.3 is 15.0 Å². The number of hydrogen-bond acceptors (Lipinski definition) is 4. The van der Waals surface area contributed by atoms with Crippen LogP contribution in [0.4, 0.5) is 5.69 Å². The Balaban J connectivity index is 1.52. The predicted octanol–water partition coefficient (Wildman–Crippen LogP) is 2.60. The number of piperazine rings is 1. The number of benzene rings is 1. The van der Waals surface area contributed by atoms with E-state index in [4.69, 9.17) is 17.0 Å². The number of para-hydroxylation sites is 2. The van der Waals surface area contributed by atoms with Crippen LogP contribution >= 0.6 is 12.2 Å². The molecule has 1 aliphatic heterocycles. The lowest BCUT2D eigenvalue weighted by molar-refractivity contribution is 0.177. The first-order chi connectivity index (χ1) is 11.8. The molecule has 126 valence electrons. The highest BCUT2D eigenvalue weighted by molar-refractivity contribution is 7.80. The molecule has 6 heteroatoms. The molecule has 1 aromatic carbocycles. The van der Waals surface area contributed by atoms with E-state index in [1.165, 1.54) is 5.56 Å². The van der Waals surface area contributed by atoms with Gasteiger partial charge >= 0.3 is 0 Å². The Labute approximate surface area is 148 Å². The van der Waals surface area contributed by atoms with E-state index >= 15 is 0 Å². The van der Waals surface area contributed by atoms with Crippen molar-refractivity contribution in [3.8, 4) is 5.75 Å². The van der Waals surface area contributed by atoms with Crippen LogP contribution in [0.3, 0.4) is 0 Å². The first kappa shape index (κ1) is 16.7. The third-order valence-corrected chi connectivity index (χ3v) is 4.50. The Hall–Kier alpha value is -2.18. The van der Waals surface area contributed by atoms with Gasteiger partial charge in [0.1, 0.15) is 5.75 Å². The van der Waals surface area contributed by atoms with Crippen LogP contribution in [0.25, 0.3) is 0 Å². The van der Waals surface area contributed by atoms with Crippen LogP contribution in [0.15, 0.2) is 48.8 Å². The van der Waals surface area contributed by atoms with Crippen molar-refractivity contribution in [3.63, 3.8) is 0 Å². The molecule has 3 rings (SSSR count). The number of nitrogens with one attached hydrogen (secondary N) is 1. The summed E-state index contributed by atoms with van der Waals surface area (Å²) in [7, 11) is 1.67. The Morgan fingerprint density at radius 1 is 1.17 bits per heavy atom. The summed E-state index contributed by atoms with van der Waals surface area (Å²) in [6.07, 6.45) is 3.74. The van der Waals surface area contributed by atoms with Crippen molar-refractivity contribution in [2.45, 2.75) is 6.54 Å². The van der Waals surface area contributed by atoms with Crippen LogP contribution in [0, 0.1) is 0 Å². The molecule has 2 heterocycles. The number of anilines is 1. The van der Waals surface area contributed by atoms with Crippen molar-refractivity contribution in [3.05, 3.63) is 54.4 Å². The first-order valence-electron chi connectivity index (χ1n) is 8.06. The van der Waals surface area contributed by atoms with E-state index in [1.807, 2.05) is 42.7 Å². The molecule has 0 saturated carbocycles. The third-order valence-electron chi connectivity index (χ3n) is 4.14. The maximum absolute atomic E-state index is 5.56. The number of methoxy groups -OCH3 is 1. The number of ether oxygens (including phenoxy) is 1. The van der Waals surface area contributed by atoms with Crippen LogP contribution in [-0.4, -0.2) is 53.2 Å². The average Bonchev–Trinajstić information content (AvgIpc) is 2.63. The van der Waals surface area contributed by atoms with Crippen molar-refractivity contribution in [2.24, 2.45) is 0 Å². The number of thiocarbonyl (C=S) groups is 1. The zero-order valence-corrected chi connectivity index (χ0v) is 14.6. The Kier molecular flexibility index (Phi) is 5.61. The molecule has 0 radical (unpaired) electrons. The first-order valence-corrected chi connectivity index (χ1v) is 8.47. The van der Waals surface area contributed by atoms with E-state index < -0.39 is 0 Å². The van der Waals surface area contributed by atoms with Crippen molar-refractivity contribution in [1.82, 2.24) is 14.8 Å². The van der Waals surface area contributed by atoms with Crippen molar-refractivity contribution in [1.29, 1.82) is 0 Å². The van der Waals surface area contributed by atoms with Crippen molar-refractivity contribution < 1.29 is 4.74 Å². The minimum atomic E-state index is 0.750. The summed E-state index contributed by atoms with van der Waals surface area (Å²) >= 11 is 5.56. The maximum Gasteiger partial charge on any atom is 0.173 e. The molecule has 0 aliphatic carbocycles. The van der Waals surface area contributed by atoms with Gasteiger partial charge in [0, 0.05) is 45.1 Å². The van der Waals surface area contributed by atoms with Gasteiger partial charge in [-0.05, 0) is 36.0 Å². The molecular formula is C18H22N4OS. The van der Waals surface area contributed by atoms with E-state index in [-0.39, 0.29) is 0 Å². The van der Waals surface area contributed by atoms with E-state index in [0.717, 1.165) is 49.3 Å². The molecule has 1 saturated heterocycles. The zero-order valence-electron chi connectivity index (χ0n) is 13.8. The highest BCUT2D eigenvalue weighted by Crippen LogP contribution is 2.23. The fourth-order valence-electron chi connectivity index (χ4n) is 2.80. The van der Waals surface area contributed by atoms with Gasteiger partial charge in [-0.25, -0.2) is 0 Å². The fraction of sp³-hybridized carbons (Fsp3) is 0.333. The molecule has 0 amide bonds. The van der Waals surface area contributed by atoms with Crippen LogP contribution in [0.1, 0.15) is 5.56 Å². The van der Waals surface area contributed by atoms with E-state index in [1.54, 1.807) is 7.11 Å². The molecule has 0 atom stereocenters. The Morgan fingerprint density at radius 2 is 1.96 bits per heavy atom. The molecule has 1 aromatic heterocycles. The van der Waals surface area contributed by atoms with Gasteiger partial charge in [0.15, 0.2) is 5.11 Å². The SMILES string of the molecule is COc1ccccc1NC(=S)N1CCN(Cc2cccnc2)CC1. The Bertz CT molecular complexity index is 672. The second kappa shape index (κ2) is 8.08. The van der Waals surface area contributed by atoms with Gasteiger partial charge in [0.25, 0.3) is 0 Å². The smallest absolute Gasteiger partial charge is 0.173 e. The molecule has 1 N–H and O–H groups in total. The monoisotopic (exact) mass is 342 g/mol. The van der Waals surface area contributed by atoms with Crippen LogP contribution < -0.4 is 10.1 Å². The van der Waals surface area contributed by atoms with Gasteiger partial charge in [-0.1, -0.05) is 18.2 Å². The summed E-state index contributed by atoms with van der Waals surface area (Å²) in [6.45, 7) is 4.75. The van der Waals surface area contributed by atoms with Gasteiger partial charge in [-0.3, -0.25) is 9.88 Å². The summed E-state index contributed by atoms with van der Waals surface area (Å²) in [6, 6.07) is 11.9. The predicted molar refractivity (Wildman–Crippen MR) is 100 cm³/mol. The lowest BCUT2D eigenvalue weighted by Gasteiger charge is -2.36. The highest BCUT2D eigenvalue weighted by atomic mass is 32.1. The number of nitrogens with zero attached hydrogens (tertiary/aromatic N) is 3. The molecule has 0 spiro atoms. The summed E-state index contributed by atoms with van der Waals surface area (Å²) in [4.78, 5) is 8.82. The summed E-state index contributed by atoms with van der Waals surface area (Å²) < 4.78 is 5.36. The quantitative estimate of drug-likeness (QED) is 0.862. The fourth-order valence-corrected chi connectivity index (χ4v) is 3.09. The van der Waals surface area contributed by atoms with Gasteiger partial charge in [0.05, 0.1) is 12.8 Å². The normalized spacial score (nSPS) is 15.1. The Morgan fingerprint density at radius 3 is 2.67 bits per heavy atom. The number of aromatic nitrogens is 1. The number of rotatable bonds is 4. The summed E-state index contributed by atoms with van der Waals surface area (Å²) in [5.41, 5.74) is 2.16. The molecule has 5 nitrogen and oxygen atoms in total. The second-order valence-electron chi connectivity index (χ2n) is 5.75. The number of hydrogen-bond donors (Lipinski definition) is 1. The second-order valence-corrected chi connectivity index (χ2v) is 6.14. The topological polar surface area (TPSA) is 40.6 Å². The van der Waals surface area contributed by atoms with Crippen LogP contribution in [0.5, 0.6) is 5.75 Å². The molecule has 1 fully saturated rings. The lowest BCUT2D eigenvalue weighted by atomic mass is 10.2. The maximum atomic E-state index is 5.56. The van der Waals surface area contributed by atoms with E-state index in [9.17, 15) is 0 Å². The molecule has 2 aromatic rings. The molecule has 1 aliphatic rings. The van der Waals surface area contributed by atoms with Crippen LogP contribution in [0.2, 0.25) is 0 Å². The number of pyridine rings is 1. The molecule has 0 bridgehead atoms. The minimum Gasteiger partial charge on any atom is -0.495 e. The van der Waals surface area contributed by atoms with E-state index in [2.05, 4.69) is 26.2 Å². The zero-order chi connectivity index (χ0) is 16.8. The average molecular weight is 342 g/mol. The van der Waals surface area contributed by atoms with Gasteiger partial charge in [0.2, 0.25) is 0 Å². The van der Waals surface area contributed by atoms with Gasteiger partial charge in [-0.2, -0.15) is 0 Å². The largest absolute Gasteiger partial charge is 0.495 e. The molecule has 0 unspecified atom stereocenters. The van der Waals surface area contributed by atoms with Crippen molar-refractivity contribution in [2.75, 3.05) is 38.6 Å². The van der Waals surface area contributed by atoms with Crippen molar-refractivity contribution >= 4 is 23.0 Å². The lowest BCUT2D eigenvalue weighted by Crippen LogP contribution is -2.49. The van der Waals surface area contributed by atoms with E-state index in [0.29, 0.717) is 0 Å². The summed E-state index contributed by atoms with van der Waals surface area (Å²) in [5, 5.41) is 4.05. The van der Waals surface area contributed by atoms with Crippen LogP contribution in [-0.2, 0) is 6.54 Å². The minimum absolute atomic E-state index is 0.750. The van der Waals surface area contributed by atoms with Gasteiger partial charge in [-0.15, -0.1) is 0 Å². The molecular weight excluding hydrogens is 320 g/mol. The molecule has 24 heavy (non-hydrogen) atoms. The summed E-state index contributed by atoms with van der Waals surface area (Å²) in [5.74, 6) is 0.801. The standard InChI is InChI=1S/C18H22N4OS/c1-23-17-7-3-2-6-16(17)20-18(24)22-11-9-21(10-12-22)14-15-5-4-8-19-13-15/h2-8,13H,9-12,14H2,1H3,(H,20,24).